The smallest absolute Gasteiger partial charge is 0.305 e. The Hall–Kier alpha value is -0.610. The van der Waals surface area contributed by atoms with E-state index in [1.165, 1.54) is 0 Å². The SMILES string of the molecule is CCCC[C@H](O)CCCCCCCC[C@@H](O)CC(=O)O. The van der Waals surface area contributed by atoms with Gasteiger partial charge in [-0.25, -0.2) is 0 Å². The van der Waals surface area contributed by atoms with Crippen LogP contribution in [0.1, 0.15) is 84.0 Å². The lowest BCUT2D eigenvalue weighted by Crippen LogP contribution is -2.12. The van der Waals surface area contributed by atoms with Gasteiger partial charge < -0.3 is 15.3 Å². The molecule has 0 saturated heterocycles. The van der Waals surface area contributed by atoms with Crippen molar-refractivity contribution in [3.63, 3.8) is 0 Å². The lowest BCUT2D eigenvalue weighted by atomic mass is 10.0. The molecule has 0 fully saturated rings. The summed E-state index contributed by atoms with van der Waals surface area (Å²) in [6.45, 7) is 2.14. The Morgan fingerprint density at radius 1 is 0.800 bits per heavy atom. The van der Waals surface area contributed by atoms with Crippen LogP contribution < -0.4 is 0 Å². The lowest BCUT2D eigenvalue weighted by molar-refractivity contribution is -0.139. The quantitative estimate of drug-likeness (QED) is 0.428. The molecule has 4 nitrogen and oxygen atoms in total. The maximum atomic E-state index is 10.4. The largest absolute Gasteiger partial charge is 0.481 e. The Balaban J connectivity index is 3.22. The van der Waals surface area contributed by atoms with Gasteiger partial charge in [-0.3, -0.25) is 4.79 Å². The summed E-state index contributed by atoms with van der Waals surface area (Å²) in [5, 5.41) is 27.6. The highest BCUT2D eigenvalue weighted by Gasteiger charge is 2.08. The van der Waals surface area contributed by atoms with Gasteiger partial charge in [-0.1, -0.05) is 58.3 Å². The molecule has 20 heavy (non-hydrogen) atoms. The summed E-state index contributed by atoms with van der Waals surface area (Å²) >= 11 is 0. The van der Waals surface area contributed by atoms with Crippen LogP contribution in [0.25, 0.3) is 0 Å². The van der Waals surface area contributed by atoms with E-state index >= 15 is 0 Å². The van der Waals surface area contributed by atoms with Gasteiger partial charge in [-0.05, 0) is 19.3 Å². The fourth-order valence-corrected chi connectivity index (χ4v) is 2.35. The van der Waals surface area contributed by atoms with Crippen LogP contribution in [0.3, 0.4) is 0 Å². The molecule has 0 aromatic heterocycles. The molecular weight excluding hydrogens is 256 g/mol. The Bertz CT molecular complexity index is 231. The van der Waals surface area contributed by atoms with Crippen LogP contribution in [0.15, 0.2) is 0 Å². The lowest BCUT2D eigenvalue weighted by Gasteiger charge is -2.09. The standard InChI is InChI=1S/C16H32O4/c1-2-3-10-14(17)11-8-6-4-5-7-9-12-15(18)13-16(19)20/h14-15,17-18H,2-13H2,1H3,(H,19,20)/t14-,15+/m0/s1. The molecule has 0 bridgehead atoms. The van der Waals surface area contributed by atoms with E-state index in [9.17, 15) is 15.0 Å². The van der Waals surface area contributed by atoms with Gasteiger partial charge in [0.1, 0.15) is 0 Å². The summed E-state index contributed by atoms with van der Waals surface area (Å²) in [6, 6.07) is 0. The molecule has 4 heteroatoms. The Labute approximate surface area is 123 Å². The van der Waals surface area contributed by atoms with Gasteiger partial charge in [-0.2, -0.15) is 0 Å². The molecule has 3 N–H and O–H groups in total. The van der Waals surface area contributed by atoms with Gasteiger partial charge >= 0.3 is 5.97 Å². The predicted octanol–water partition coefficient (Wildman–Crippen LogP) is 3.49. The molecule has 0 heterocycles. The maximum absolute atomic E-state index is 10.4. The summed E-state index contributed by atoms with van der Waals surface area (Å²) in [7, 11) is 0. The van der Waals surface area contributed by atoms with Crippen molar-refractivity contribution < 1.29 is 20.1 Å². The summed E-state index contributed by atoms with van der Waals surface area (Å²) in [5.41, 5.74) is 0. The van der Waals surface area contributed by atoms with Crippen molar-refractivity contribution in [3.05, 3.63) is 0 Å². The second-order valence-electron chi connectivity index (χ2n) is 5.75. The Kier molecular flexibility index (Phi) is 13.0. The molecule has 0 rings (SSSR count). The summed E-state index contributed by atoms with van der Waals surface area (Å²) in [5.74, 6) is -0.931. The van der Waals surface area contributed by atoms with E-state index in [0.29, 0.717) is 6.42 Å². The Morgan fingerprint density at radius 3 is 1.75 bits per heavy atom. The summed E-state index contributed by atoms with van der Waals surface area (Å²) in [4.78, 5) is 10.4. The average molecular weight is 288 g/mol. The highest BCUT2D eigenvalue weighted by molar-refractivity contribution is 5.67. The number of hydrogen-bond acceptors (Lipinski definition) is 3. The number of hydrogen-bond donors (Lipinski definition) is 3. The molecule has 120 valence electrons. The summed E-state index contributed by atoms with van der Waals surface area (Å²) in [6.07, 6.45) is 10.2. The Morgan fingerprint density at radius 2 is 1.25 bits per heavy atom. The van der Waals surface area contributed by atoms with Crippen LogP contribution in [0, 0.1) is 0 Å². The number of rotatable bonds is 14. The molecule has 0 amide bonds. The number of carboxylic acids is 1. The molecule has 0 aliphatic rings. The first-order valence-electron chi connectivity index (χ1n) is 8.14. The van der Waals surface area contributed by atoms with E-state index < -0.39 is 12.1 Å². The number of aliphatic hydroxyl groups is 2. The van der Waals surface area contributed by atoms with Crippen LogP contribution in [0.5, 0.6) is 0 Å². The number of carboxylic acid groups (broad SMARTS) is 1. The second kappa shape index (κ2) is 13.4. The topological polar surface area (TPSA) is 77.8 Å². The van der Waals surface area contributed by atoms with Crippen molar-refractivity contribution >= 4 is 5.97 Å². The molecule has 0 aliphatic carbocycles. The van der Waals surface area contributed by atoms with Crippen LogP contribution in [0.2, 0.25) is 0 Å². The second-order valence-corrected chi connectivity index (χ2v) is 5.75. The van der Waals surface area contributed by atoms with Crippen molar-refractivity contribution in [1.29, 1.82) is 0 Å². The molecule has 0 spiro atoms. The predicted molar refractivity (Wildman–Crippen MR) is 80.7 cm³/mol. The van der Waals surface area contributed by atoms with E-state index in [4.69, 9.17) is 5.11 Å². The van der Waals surface area contributed by atoms with E-state index in [1.54, 1.807) is 0 Å². The zero-order valence-corrected chi connectivity index (χ0v) is 12.9. The van der Waals surface area contributed by atoms with Gasteiger partial charge in [-0.15, -0.1) is 0 Å². The first kappa shape index (κ1) is 19.4. The van der Waals surface area contributed by atoms with E-state index in [2.05, 4.69) is 6.92 Å². The van der Waals surface area contributed by atoms with Gasteiger partial charge in [0.2, 0.25) is 0 Å². The number of carbonyl (C=O) groups is 1. The molecule has 0 radical (unpaired) electrons. The monoisotopic (exact) mass is 288 g/mol. The summed E-state index contributed by atoms with van der Waals surface area (Å²) < 4.78 is 0. The van der Waals surface area contributed by atoms with Gasteiger partial charge in [0.25, 0.3) is 0 Å². The fraction of sp³-hybridized carbons (Fsp3) is 0.938. The maximum Gasteiger partial charge on any atom is 0.305 e. The minimum absolute atomic E-state index is 0.124. The molecule has 2 atom stereocenters. The molecule has 0 unspecified atom stereocenters. The third-order valence-corrected chi connectivity index (χ3v) is 3.63. The van der Waals surface area contributed by atoms with Crippen molar-refractivity contribution in [2.75, 3.05) is 0 Å². The van der Waals surface area contributed by atoms with Crippen LogP contribution in [-0.4, -0.2) is 33.5 Å². The van der Waals surface area contributed by atoms with E-state index in [-0.39, 0.29) is 12.5 Å². The fourth-order valence-electron chi connectivity index (χ4n) is 2.35. The minimum Gasteiger partial charge on any atom is -0.481 e. The zero-order chi connectivity index (χ0) is 15.2. The minimum atomic E-state index is -0.931. The van der Waals surface area contributed by atoms with Crippen molar-refractivity contribution in [3.8, 4) is 0 Å². The van der Waals surface area contributed by atoms with Crippen LogP contribution >= 0.6 is 0 Å². The number of aliphatic hydroxyl groups excluding tert-OH is 2. The molecular formula is C16H32O4. The van der Waals surface area contributed by atoms with Crippen LogP contribution in [0.4, 0.5) is 0 Å². The number of unbranched alkanes of at least 4 members (excludes halogenated alkanes) is 6. The molecule has 0 aliphatic heterocycles. The van der Waals surface area contributed by atoms with Gasteiger partial charge in [0, 0.05) is 0 Å². The average Bonchev–Trinajstić information content (AvgIpc) is 2.38. The highest BCUT2D eigenvalue weighted by Crippen LogP contribution is 2.13. The first-order chi connectivity index (χ1) is 9.56. The normalized spacial score (nSPS) is 14.2. The number of aliphatic carboxylic acids is 1. The molecule has 0 saturated carbocycles. The third-order valence-electron chi connectivity index (χ3n) is 3.63. The molecule has 0 aromatic carbocycles. The van der Waals surface area contributed by atoms with Crippen LogP contribution in [-0.2, 0) is 4.79 Å². The first-order valence-corrected chi connectivity index (χ1v) is 8.14. The molecule has 0 aromatic rings. The highest BCUT2D eigenvalue weighted by atomic mass is 16.4. The van der Waals surface area contributed by atoms with Crippen molar-refractivity contribution in [1.82, 2.24) is 0 Å². The van der Waals surface area contributed by atoms with Crippen molar-refractivity contribution in [2.24, 2.45) is 0 Å². The van der Waals surface area contributed by atoms with E-state index in [1.807, 2.05) is 0 Å². The van der Waals surface area contributed by atoms with Crippen molar-refractivity contribution in [2.45, 2.75) is 96.2 Å². The zero-order valence-electron chi connectivity index (χ0n) is 12.9. The van der Waals surface area contributed by atoms with E-state index in [0.717, 1.165) is 64.2 Å². The van der Waals surface area contributed by atoms with Gasteiger partial charge in [0.05, 0.1) is 18.6 Å². The third kappa shape index (κ3) is 13.8. The van der Waals surface area contributed by atoms with Gasteiger partial charge in [0.15, 0.2) is 0 Å².